The molecular formula is C13H15N3O4S. The first-order valence-corrected chi connectivity index (χ1v) is 7.72. The van der Waals surface area contributed by atoms with Crippen LogP contribution in [0.1, 0.15) is 16.1 Å². The number of sulfonamides is 1. The van der Waals surface area contributed by atoms with Crippen molar-refractivity contribution in [2.45, 2.75) is 11.5 Å². The fourth-order valence-corrected chi connectivity index (χ4v) is 2.29. The van der Waals surface area contributed by atoms with Gasteiger partial charge in [0.25, 0.3) is 15.9 Å². The van der Waals surface area contributed by atoms with Gasteiger partial charge in [0.1, 0.15) is 0 Å². The number of rotatable bonds is 6. The number of furan rings is 1. The Morgan fingerprint density at radius 2 is 1.95 bits per heavy atom. The monoisotopic (exact) mass is 309 g/mol. The van der Waals surface area contributed by atoms with Crippen LogP contribution in [0, 0.1) is 0 Å². The van der Waals surface area contributed by atoms with Gasteiger partial charge in [0.2, 0.25) is 5.09 Å². The molecule has 112 valence electrons. The molecule has 21 heavy (non-hydrogen) atoms. The number of nitrogens with zero attached hydrogens (tertiary/aromatic N) is 1. The van der Waals surface area contributed by atoms with Gasteiger partial charge >= 0.3 is 0 Å². The number of pyridine rings is 1. The molecule has 0 aromatic carbocycles. The van der Waals surface area contributed by atoms with E-state index in [9.17, 15) is 13.2 Å². The molecule has 2 heterocycles. The van der Waals surface area contributed by atoms with Crippen LogP contribution in [0.25, 0.3) is 0 Å². The fraction of sp³-hybridized carbons (Fsp3) is 0.231. The number of hydrogen-bond donors (Lipinski definition) is 2. The smallest absolute Gasteiger partial charge is 0.287 e. The van der Waals surface area contributed by atoms with Gasteiger partial charge in [-0.15, -0.1) is 0 Å². The number of amides is 1. The molecule has 0 radical (unpaired) electrons. The summed E-state index contributed by atoms with van der Waals surface area (Å²) in [5.74, 6) is -0.500. The van der Waals surface area contributed by atoms with Crippen molar-refractivity contribution in [3.05, 3.63) is 48.0 Å². The Morgan fingerprint density at radius 3 is 2.62 bits per heavy atom. The van der Waals surface area contributed by atoms with Crippen LogP contribution in [0.5, 0.6) is 0 Å². The van der Waals surface area contributed by atoms with Crippen LogP contribution in [-0.2, 0) is 16.4 Å². The number of carbonyl (C=O) groups is 1. The van der Waals surface area contributed by atoms with Crippen molar-refractivity contribution in [3.63, 3.8) is 0 Å². The highest BCUT2D eigenvalue weighted by molar-refractivity contribution is 7.89. The maximum absolute atomic E-state index is 11.8. The predicted molar refractivity (Wildman–Crippen MR) is 75.2 cm³/mol. The van der Waals surface area contributed by atoms with Crippen molar-refractivity contribution >= 4 is 15.9 Å². The van der Waals surface area contributed by atoms with E-state index in [0.717, 1.165) is 5.56 Å². The standard InChI is InChI=1S/C13H15N3O4S/c1-14-21(18,19)12-3-2-11(20-12)13(17)16-9-6-10-4-7-15-8-5-10/h2-5,7-8,14H,6,9H2,1H3,(H,16,17). The Kier molecular flexibility index (Phi) is 4.71. The van der Waals surface area contributed by atoms with Crippen LogP contribution in [-0.4, -0.2) is 32.9 Å². The third kappa shape index (κ3) is 3.89. The van der Waals surface area contributed by atoms with Gasteiger partial charge in [-0.25, -0.2) is 13.1 Å². The highest BCUT2D eigenvalue weighted by Gasteiger charge is 2.19. The average molecular weight is 309 g/mol. The normalized spacial score (nSPS) is 11.3. The number of nitrogens with one attached hydrogen (secondary N) is 2. The minimum absolute atomic E-state index is 0.0430. The van der Waals surface area contributed by atoms with Gasteiger partial charge in [0, 0.05) is 18.9 Å². The van der Waals surface area contributed by atoms with Crippen molar-refractivity contribution in [1.29, 1.82) is 0 Å². The Labute approximate surface area is 122 Å². The maximum Gasteiger partial charge on any atom is 0.287 e. The van der Waals surface area contributed by atoms with E-state index in [1.165, 1.54) is 19.2 Å². The summed E-state index contributed by atoms with van der Waals surface area (Å²) in [6.07, 6.45) is 4.01. The summed E-state index contributed by atoms with van der Waals surface area (Å²) in [5.41, 5.74) is 1.04. The summed E-state index contributed by atoms with van der Waals surface area (Å²) in [6, 6.07) is 6.28. The first-order chi connectivity index (χ1) is 10.0. The molecule has 2 N–H and O–H groups in total. The minimum Gasteiger partial charge on any atom is -0.438 e. The lowest BCUT2D eigenvalue weighted by Gasteiger charge is -2.03. The molecule has 2 aromatic rings. The summed E-state index contributed by atoms with van der Waals surface area (Å²) in [6.45, 7) is 0.414. The van der Waals surface area contributed by atoms with Gasteiger partial charge in [-0.3, -0.25) is 9.78 Å². The van der Waals surface area contributed by atoms with Gasteiger partial charge in [-0.1, -0.05) is 0 Å². The molecule has 0 spiro atoms. The molecule has 0 aliphatic rings. The lowest BCUT2D eigenvalue weighted by atomic mass is 10.2. The predicted octanol–water partition coefficient (Wildman–Crippen LogP) is 0.555. The van der Waals surface area contributed by atoms with Gasteiger partial charge in [-0.05, 0) is 43.3 Å². The third-order valence-electron chi connectivity index (χ3n) is 2.79. The molecule has 2 aromatic heterocycles. The Hall–Kier alpha value is -2.19. The lowest BCUT2D eigenvalue weighted by Crippen LogP contribution is -2.25. The van der Waals surface area contributed by atoms with Crippen LogP contribution in [0.4, 0.5) is 0 Å². The number of carbonyl (C=O) groups excluding carboxylic acids is 1. The number of hydrogen-bond acceptors (Lipinski definition) is 5. The fourth-order valence-electron chi connectivity index (χ4n) is 1.64. The molecule has 0 bridgehead atoms. The molecule has 0 fully saturated rings. The van der Waals surface area contributed by atoms with E-state index >= 15 is 0 Å². The van der Waals surface area contributed by atoms with Crippen molar-refractivity contribution in [3.8, 4) is 0 Å². The molecule has 1 amide bonds. The van der Waals surface area contributed by atoms with Crippen LogP contribution in [0.15, 0.2) is 46.2 Å². The minimum atomic E-state index is -3.68. The van der Waals surface area contributed by atoms with E-state index in [1.807, 2.05) is 12.1 Å². The second kappa shape index (κ2) is 6.51. The van der Waals surface area contributed by atoms with Gasteiger partial charge in [-0.2, -0.15) is 0 Å². The topological polar surface area (TPSA) is 101 Å². The van der Waals surface area contributed by atoms with Crippen molar-refractivity contribution < 1.29 is 17.6 Å². The molecule has 0 saturated carbocycles. The second-order valence-corrected chi connectivity index (χ2v) is 6.01. The van der Waals surface area contributed by atoms with Crippen LogP contribution < -0.4 is 10.0 Å². The SMILES string of the molecule is CNS(=O)(=O)c1ccc(C(=O)NCCc2ccncc2)o1. The lowest BCUT2D eigenvalue weighted by molar-refractivity contribution is 0.0921. The summed E-state index contributed by atoms with van der Waals surface area (Å²) in [5, 5.41) is 2.37. The first kappa shape index (κ1) is 15.2. The van der Waals surface area contributed by atoms with E-state index < -0.39 is 15.9 Å². The molecule has 0 aliphatic heterocycles. The van der Waals surface area contributed by atoms with E-state index in [2.05, 4.69) is 15.0 Å². The third-order valence-corrected chi connectivity index (χ3v) is 4.07. The summed E-state index contributed by atoms with van der Waals surface area (Å²) in [4.78, 5) is 15.7. The zero-order chi connectivity index (χ0) is 15.3. The molecule has 8 heteroatoms. The molecule has 0 unspecified atom stereocenters. The van der Waals surface area contributed by atoms with E-state index in [0.29, 0.717) is 13.0 Å². The maximum atomic E-state index is 11.8. The van der Waals surface area contributed by atoms with Crippen molar-refractivity contribution in [2.24, 2.45) is 0 Å². The van der Waals surface area contributed by atoms with Crippen LogP contribution >= 0.6 is 0 Å². The van der Waals surface area contributed by atoms with Crippen molar-refractivity contribution in [2.75, 3.05) is 13.6 Å². The first-order valence-electron chi connectivity index (χ1n) is 6.23. The highest BCUT2D eigenvalue weighted by atomic mass is 32.2. The summed E-state index contributed by atoms with van der Waals surface area (Å²) in [7, 11) is -2.41. The summed E-state index contributed by atoms with van der Waals surface area (Å²) < 4.78 is 30.1. The molecule has 7 nitrogen and oxygen atoms in total. The number of aromatic nitrogens is 1. The quantitative estimate of drug-likeness (QED) is 0.811. The average Bonchev–Trinajstić information content (AvgIpc) is 2.99. The van der Waals surface area contributed by atoms with Crippen molar-refractivity contribution in [1.82, 2.24) is 15.0 Å². The Morgan fingerprint density at radius 1 is 1.24 bits per heavy atom. The second-order valence-electron chi connectivity index (χ2n) is 4.19. The Bertz CT molecular complexity index is 710. The molecule has 0 atom stereocenters. The van der Waals surface area contributed by atoms with E-state index in [1.54, 1.807) is 12.4 Å². The van der Waals surface area contributed by atoms with Gasteiger partial charge in [0.05, 0.1) is 0 Å². The van der Waals surface area contributed by atoms with Crippen LogP contribution in [0.2, 0.25) is 0 Å². The zero-order valence-corrected chi connectivity index (χ0v) is 12.2. The van der Waals surface area contributed by atoms with E-state index in [-0.39, 0.29) is 10.9 Å². The molecule has 0 aliphatic carbocycles. The van der Waals surface area contributed by atoms with Gasteiger partial charge in [0.15, 0.2) is 5.76 Å². The largest absolute Gasteiger partial charge is 0.438 e. The van der Waals surface area contributed by atoms with Crippen LogP contribution in [0.3, 0.4) is 0 Å². The molecular weight excluding hydrogens is 294 g/mol. The zero-order valence-electron chi connectivity index (χ0n) is 11.4. The van der Waals surface area contributed by atoms with E-state index in [4.69, 9.17) is 4.42 Å². The molecule has 2 rings (SSSR count). The summed E-state index contributed by atoms with van der Waals surface area (Å²) >= 11 is 0. The molecule has 0 saturated heterocycles. The Balaban J connectivity index is 1.92. The highest BCUT2D eigenvalue weighted by Crippen LogP contribution is 2.13. The van der Waals surface area contributed by atoms with Gasteiger partial charge < -0.3 is 9.73 Å².